The molecule has 0 saturated carbocycles. The molecule has 2 heterocycles. The highest BCUT2D eigenvalue weighted by Crippen LogP contribution is 2.32. The summed E-state index contributed by atoms with van der Waals surface area (Å²) >= 11 is 0. The van der Waals surface area contributed by atoms with Crippen LogP contribution >= 0.6 is 0 Å². The molecule has 6 nitrogen and oxygen atoms in total. The lowest BCUT2D eigenvalue weighted by atomic mass is 10.2. The summed E-state index contributed by atoms with van der Waals surface area (Å²) in [4.78, 5) is 12.3. The smallest absolute Gasteiger partial charge is 0.338 e. The Morgan fingerprint density at radius 3 is 2.26 bits per heavy atom. The third-order valence-electron chi connectivity index (χ3n) is 3.79. The number of nitrogens with one attached hydrogen (secondary N) is 1. The molecule has 0 radical (unpaired) electrons. The summed E-state index contributed by atoms with van der Waals surface area (Å²) in [7, 11) is 0. The number of amides is 2. The Bertz CT molecular complexity index is 815. The van der Waals surface area contributed by atoms with Crippen molar-refractivity contribution >= 4 is 17.6 Å². The zero-order valence-corrected chi connectivity index (χ0v) is 13.4. The molecule has 2 aromatic rings. The van der Waals surface area contributed by atoms with E-state index < -0.39 is 35.5 Å². The van der Waals surface area contributed by atoms with Crippen LogP contribution in [-0.2, 0) is 12.4 Å². The van der Waals surface area contributed by atoms with E-state index in [1.165, 1.54) is 22.2 Å². The quantitative estimate of drug-likeness (QED) is 0.769. The minimum Gasteiger partial charge on any atom is -0.338 e. The lowest BCUT2D eigenvalue weighted by Crippen LogP contribution is -2.43. The van der Waals surface area contributed by atoms with Crippen LogP contribution in [0.4, 0.5) is 42.7 Å². The Hall–Kier alpha value is -2.92. The summed E-state index contributed by atoms with van der Waals surface area (Å²) in [6, 6.07) is 3.94. The van der Waals surface area contributed by atoms with Crippen LogP contribution in [0.15, 0.2) is 34.9 Å². The maximum atomic E-state index is 12.6. The Labute approximate surface area is 148 Å². The second kappa shape index (κ2) is 6.67. The van der Waals surface area contributed by atoms with Crippen molar-refractivity contribution < 1.29 is 35.7 Å². The average Bonchev–Trinajstić information content (AvgIpc) is 3.22. The third kappa shape index (κ3) is 4.09. The summed E-state index contributed by atoms with van der Waals surface area (Å²) in [5.74, 6) is -0.494. The number of carbonyl (C=O) groups excluding carboxylic acids is 1. The molecule has 0 spiro atoms. The number of anilines is 2. The van der Waals surface area contributed by atoms with Crippen molar-refractivity contribution in [2.75, 3.05) is 23.4 Å². The molecule has 1 aliphatic heterocycles. The van der Waals surface area contributed by atoms with Crippen molar-refractivity contribution in [1.29, 1.82) is 0 Å². The second-order valence-corrected chi connectivity index (χ2v) is 5.65. The van der Waals surface area contributed by atoms with E-state index in [4.69, 9.17) is 0 Å². The summed E-state index contributed by atoms with van der Waals surface area (Å²) in [5, 5.41) is 7.56. The molecule has 1 saturated heterocycles. The van der Waals surface area contributed by atoms with Gasteiger partial charge in [-0.3, -0.25) is 10.3 Å². The molecule has 1 N–H and O–H groups in total. The van der Waals surface area contributed by atoms with Gasteiger partial charge in [0.05, 0.1) is 11.3 Å². The molecule has 2 amide bonds. The SMILES string of the molecule is O=C(Nc1cc(C(F)(F)F)no1)N1CCCN1c1ccc(C(F)(F)F)cc1. The number of hydrazine groups is 1. The van der Waals surface area contributed by atoms with Gasteiger partial charge in [0.25, 0.3) is 0 Å². The fraction of sp³-hybridized carbons (Fsp3) is 0.333. The molecular weight excluding hydrogens is 382 g/mol. The predicted octanol–water partition coefficient (Wildman–Crippen LogP) is 4.37. The van der Waals surface area contributed by atoms with E-state index in [-0.39, 0.29) is 6.54 Å². The maximum absolute atomic E-state index is 12.6. The number of rotatable bonds is 2. The first kappa shape index (κ1) is 18.9. The molecule has 12 heteroatoms. The topological polar surface area (TPSA) is 61.6 Å². The van der Waals surface area contributed by atoms with E-state index in [0.29, 0.717) is 24.7 Å². The Balaban J connectivity index is 1.72. The lowest BCUT2D eigenvalue weighted by molar-refractivity contribution is -0.142. The molecule has 1 fully saturated rings. The molecule has 0 bridgehead atoms. The van der Waals surface area contributed by atoms with Crippen molar-refractivity contribution in [2.45, 2.75) is 18.8 Å². The zero-order chi connectivity index (χ0) is 19.8. The van der Waals surface area contributed by atoms with Crippen LogP contribution in [0.1, 0.15) is 17.7 Å². The van der Waals surface area contributed by atoms with Crippen LogP contribution in [0.2, 0.25) is 0 Å². The highest BCUT2D eigenvalue weighted by atomic mass is 19.4. The van der Waals surface area contributed by atoms with E-state index in [2.05, 4.69) is 15.0 Å². The van der Waals surface area contributed by atoms with E-state index >= 15 is 0 Å². The fourth-order valence-electron chi connectivity index (χ4n) is 2.55. The molecular formula is C15H12F6N4O2. The molecule has 1 aromatic carbocycles. The summed E-state index contributed by atoms with van der Waals surface area (Å²) in [5.41, 5.74) is -1.79. The van der Waals surface area contributed by atoms with Gasteiger partial charge in [0.1, 0.15) is 0 Å². The first-order chi connectivity index (χ1) is 12.6. The Morgan fingerprint density at radius 2 is 1.70 bits per heavy atom. The molecule has 3 rings (SSSR count). The third-order valence-corrected chi connectivity index (χ3v) is 3.79. The number of carbonyl (C=O) groups is 1. The molecule has 146 valence electrons. The summed E-state index contributed by atoms with van der Waals surface area (Å²) in [6.07, 6.45) is -8.67. The molecule has 1 aromatic heterocycles. The number of benzene rings is 1. The molecule has 1 aliphatic rings. The number of hydrogen-bond donors (Lipinski definition) is 1. The molecule has 0 unspecified atom stereocenters. The van der Waals surface area contributed by atoms with Crippen LogP contribution in [0.5, 0.6) is 0 Å². The van der Waals surface area contributed by atoms with Crippen molar-refractivity contribution in [1.82, 2.24) is 10.2 Å². The standard InChI is InChI=1S/C15H12F6N4O2/c16-14(17,18)9-2-4-10(5-3-9)24-6-1-7-25(24)13(26)22-12-8-11(23-27-12)15(19,20)21/h2-5,8H,1,6-7H2,(H,22,26). The minimum atomic E-state index is -4.72. The van der Waals surface area contributed by atoms with Gasteiger partial charge in [0, 0.05) is 19.2 Å². The molecule has 0 atom stereocenters. The Morgan fingerprint density at radius 1 is 1.04 bits per heavy atom. The fourth-order valence-corrected chi connectivity index (χ4v) is 2.55. The second-order valence-electron chi connectivity index (χ2n) is 5.65. The first-order valence-electron chi connectivity index (χ1n) is 7.63. The van der Waals surface area contributed by atoms with Gasteiger partial charge in [-0.25, -0.2) is 9.80 Å². The lowest BCUT2D eigenvalue weighted by Gasteiger charge is -2.29. The average molecular weight is 394 g/mol. The van der Waals surface area contributed by atoms with Crippen LogP contribution in [0.25, 0.3) is 0 Å². The minimum absolute atomic E-state index is 0.229. The monoisotopic (exact) mass is 394 g/mol. The van der Waals surface area contributed by atoms with Gasteiger partial charge in [-0.2, -0.15) is 26.3 Å². The van der Waals surface area contributed by atoms with Gasteiger partial charge < -0.3 is 4.52 Å². The van der Waals surface area contributed by atoms with Crippen LogP contribution < -0.4 is 10.3 Å². The number of urea groups is 1. The van der Waals surface area contributed by atoms with Gasteiger partial charge in [-0.05, 0) is 30.7 Å². The van der Waals surface area contributed by atoms with Gasteiger partial charge in [-0.1, -0.05) is 5.16 Å². The van der Waals surface area contributed by atoms with Crippen LogP contribution in [0.3, 0.4) is 0 Å². The number of hydrogen-bond acceptors (Lipinski definition) is 4. The van der Waals surface area contributed by atoms with Crippen LogP contribution in [0, 0.1) is 0 Å². The van der Waals surface area contributed by atoms with Crippen molar-refractivity contribution in [3.05, 3.63) is 41.6 Å². The van der Waals surface area contributed by atoms with E-state index in [0.717, 1.165) is 12.1 Å². The van der Waals surface area contributed by atoms with Gasteiger partial charge in [0.15, 0.2) is 5.69 Å². The van der Waals surface area contributed by atoms with Gasteiger partial charge >= 0.3 is 18.4 Å². The number of alkyl halides is 6. The normalized spacial score (nSPS) is 15.3. The largest absolute Gasteiger partial charge is 0.436 e. The highest BCUT2D eigenvalue weighted by Gasteiger charge is 2.36. The highest BCUT2D eigenvalue weighted by molar-refractivity contribution is 5.89. The van der Waals surface area contributed by atoms with Crippen molar-refractivity contribution in [3.63, 3.8) is 0 Å². The summed E-state index contributed by atoms with van der Waals surface area (Å²) < 4.78 is 79.9. The van der Waals surface area contributed by atoms with E-state index in [1.807, 2.05) is 0 Å². The number of halogens is 6. The van der Waals surface area contributed by atoms with Crippen LogP contribution in [-0.4, -0.2) is 29.3 Å². The Kier molecular flexibility index (Phi) is 4.66. The number of aromatic nitrogens is 1. The van der Waals surface area contributed by atoms with Gasteiger partial charge in [0.2, 0.25) is 5.88 Å². The van der Waals surface area contributed by atoms with Crippen molar-refractivity contribution in [3.8, 4) is 0 Å². The van der Waals surface area contributed by atoms with Crippen molar-refractivity contribution in [2.24, 2.45) is 0 Å². The summed E-state index contributed by atoms with van der Waals surface area (Å²) in [6.45, 7) is 0.579. The predicted molar refractivity (Wildman–Crippen MR) is 80.6 cm³/mol. The zero-order valence-electron chi connectivity index (χ0n) is 13.4. The molecule has 0 aliphatic carbocycles. The van der Waals surface area contributed by atoms with E-state index in [1.54, 1.807) is 0 Å². The number of nitrogens with zero attached hydrogens (tertiary/aromatic N) is 3. The van der Waals surface area contributed by atoms with E-state index in [9.17, 15) is 31.1 Å². The first-order valence-corrected chi connectivity index (χ1v) is 7.63. The molecule has 27 heavy (non-hydrogen) atoms. The van der Waals surface area contributed by atoms with Gasteiger partial charge in [-0.15, -0.1) is 0 Å². The maximum Gasteiger partial charge on any atom is 0.436 e.